The first-order valence-corrected chi connectivity index (χ1v) is 19.6. The Morgan fingerprint density at radius 1 is 1.00 bits per heavy atom. The number of aryl methyl sites for hydroxylation is 1. The van der Waals surface area contributed by atoms with Gasteiger partial charge in [-0.15, -0.1) is 0 Å². The zero-order valence-electron chi connectivity index (χ0n) is 33.7. The van der Waals surface area contributed by atoms with Crippen molar-refractivity contribution in [1.29, 1.82) is 0 Å². The van der Waals surface area contributed by atoms with Crippen LogP contribution in [-0.2, 0) is 47.4 Å². The molecule has 1 aliphatic carbocycles. The molecule has 9 rings (SSSR count). The van der Waals surface area contributed by atoms with Crippen LogP contribution in [-0.4, -0.2) is 154 Å². The van der Waals surface area contributed by atoms with Crippen LogP contribution in [0, 0.1) is 6.92 Å². The minimum Gasteiger partial charge on any atom is -0.506 e. The molecule has 6 aliphatic heterocycles. The molecule has 324 valence electrons. The summed E-state index contributed by atoms with van der Waals surface area (Å²) in [5.74, 6) is -5.82. The molecule has 19 heteroatoms. The van der Waals surface area contributed by atoms with E-state index < -0.39 is 113 Å². The maximum Gasteiger partial charge on any atom is 0.279 e. The van der Waals surface area contributed by atoms with Gasteiger partial charge < -0.3 is 82.7 Å². The number of aliphatic hydroxyl groups excluding tert-OH is 3. The Labute approximate surface area is 337 Å². The molecule has 2 aromatic rings. The minimum atomic E-state index is -2.23. The van der Waals surface area contributed by atoms with Crippen molar-refractivity contribution in [2.75, 3.05) is 27.9 Å². The van der Waals surface area contributed by atoms with Crippen LogP contribution in [0.15, 0.2) is 6.07 Å². The highest BCUT2D eigenvalue weighted by Gasteiger charge is 2.94. The Balaban J connectivity index is 1.21. The van der Waals surface area contributed by atoms with Crippen LogP contribution in [0.5, 0.6) is 17.2 Å². The number of aromatic hydroxyl groups is 1. The predicted octanol–water partition coefficient (Wildman–Crippen LogP) is 0.590. The number of rotatable bonds is 9. The first-order valence-electron chi connectivity index (χ1n) is 19.6. The molecular formula is C40H50O19. The van der Waals surface area contributed by atoms with Gasteiger partial charge in [-0.1, -0.05) is 0 Å². The van der Waals surface area contributed by atoms with Crippen LogP contribution < -0.4 is 9.47 Å². The lowest BCUT2D eigenvalue weighted by atomic mass is 9.77. The summed E-state index contributed by atoms with van der Waals surface area (Å²) in [4.78, 5) is 26.5. The number of phenolic OH excluding ortho intramolecular Hbond substituents is 1. The molecule has 0 amide bonds. The third-order valence-corrected chi connectivity index (χ3v) is 13.5. The number of benzene rings is 2. The number of carbonyl (C=O) groups excluding carboxylic acids is 2. The van der Waals surface area contributed by atoms with Crippen LogP contribution in [0.25, 0.3) is 10.8 Å². The molecule has 6 N–H and O–H groups in total. The number of ether oxygens (including phenoxy) is 11. The van der Waals surface area contributed by atoms with Crippen molar-refractivity contribution < 1.29 is 92.3 Å². The van der Waals surface area contributed by atoms with Crippen molar-refractivity contribution in [1.82, 2.24) is 0 Å². The van der Waals surface area contributed by atoms with Crippen LogP contribution in [0.1, 0.15) is 86.2 Å². The molecule has 11 unspecified atom stereocenters. The molecule has 2 bridgehead atoms. The van der Waals surface area contributed by atoms with E-state index in [-0.39, 0.29) is 59.3 Å². The van der Waals surface area contributed by atoms with E-state index in [0.717, 1.165) is 6.92 Å². The SMILES string of the molecule is COc1c2c(c(O)c3c4c(c(C)cc13)C1OC3(C(OC)OC)OC1[C@@](OC1CC(O)C(O)(C(C)=O)C(C)O1)(O4)[C@@]31CO1)C(=O)[C@@H](O)C[C@@H]2OC1CC(C)(O)C(O)C(C)O1. The fourth-order valence-electron chi connectivity index (χ4n) is 10.4. The van der Waals surface area contributed by atoms with Gasteiger partial charge >= 0.3 is 0 Å². The fraction of sp³-hybridized carbons (Fsp3) is 0.700. The lowest BCUT2D eigenvalue weighted by Gasteiger charge is -2.52. The summed E-state index contributed by atoms with van der Waals surface area (Å²) in [7, 11) is 4.16. The number of aliphatic hydroxyl groups is 5. The van der Waals surface area contributed by atoms with Crippen LogP contribution in [0.2, 0.25) is 0 Å². The van der Waals surface area contributed by atoms with Crippen molar-refractivity contribution in [2.24, 2.45) is 0 Å². The number of Topliss-reactive ketones (excluding diaryl/α,β-unsaturated/α-hetero) is 2. The van der Waals surface area contributed by atoms with E-state index in [1.165, 1.54) is 35.2 Å². The number of fused-ring (bicyclic) bond motifs is 8. The third kappa shape index (κ3) is 5.26. The summed E-state index contributed by atoms with van der Waals surface area (Å²) in [5.41, 5.74) is -4.66. The van der Waals surface area contributed by atoms with E-state index in [2.05, 4.69) is 0 Å². The second-order valence-corrected chi connectivity index (χ2v) is 16.9. The maximum atomic E-state index is 14.0. The average Bonchev–Trinajstić information content (AvgIpc) is 3.84. The molecule has 15 atom stereocenters. The van der Waals surface area contributed by atoms with Gasteiger partial charge in [0.2, 0.25) is 11.9 Å². The van der Waals surface area contributed by atoms with Gasteiger partial charge in [0.25, 0.3) is 11.6 Å². The quantitative estimate of drug-likeness (QED) is 0.149. The number of ketones is 2. The van der Waals surface area contributed by atoms with Crippen LogP contribution >= 0.6 is 0 Å². The van der Waals surface area contributed by atoms with Gasteiger partial charge in [-0.25, -0.2) is 0 Å². The highest BCUT2D eigenvalue weighted by Crippen LogP contribution is 2.72. The number of phenols is 1. The summed E-state index contributed by atoms with van der Waals surface area (Å²) in [6.07, 6.45) is -14.2. The van der Waals surface area contributed by atoms with Crippen molar-refractivity contribution in [3.05, 3.63) is 28.3 Å². The summed E-state index contributed by atoms with van der Waals surface area (Å²) >= 11 is 0. The number of methoxy groups -OCH3 is 3. The summed E-state index contributed by atoms with van der Waals surface area (Å²) < 4.78 is 69.2. The second kappa shape index (κ2) is 13.4. The normalized spacial score (nSPS) is 44.5. The summed E-state index contributed by atoms with van der Waals surface area (Å²) in [6.45, 7) is 7.30. The maximum absolute atomic E-state index is 14.0. The fourth-order valence-corrected chi connectivity index (χ4v) is 10.4. The zero-order valence-corrected chi connectivity index (χ0v) is 33.7. The highest BCUT2D eigenvalue weighted by molar-refractivity contribution is 6.13. The molecule has 6 heterocycles. The van der Waals surface area contributed by atoms with Gasteiger partial charge in [0.05, 0.1) is 54.7 Å². The molecule has 5 saturated heterocycles. The number of hydrogen-bond donors (Lipinski definition) is 6. The molecule has 2 aromatic carbocycles. The smallest absolute Gasteiger partial charge is 0.279 e. The summed E-state index contributed by atoms with van der Waals surface area (Å²) in [5, 5.41) is 67.6. The Morgan fingerprint density at radius 3 is 2.29 bits per heavy atom. The van der Waals surface area contributed by atoms with E-state index in [0.29, 0.717) is 11.1 Å². The number of carbonyl (C=O) groups is 2. The van der Waals surface area contributed by atoms with Crippen molar-refractivity contribution >= 4 is 22.3 Å². The van der Waals surface area contributed by atoms with Crippen LogP contribution in [0.4, 0.5) is 0 Å². The van der Waals surface area contributed by atoms with Gasteiger partial charge in [0, 0.05) is 50.0 Å². The largest absolute Gasteiger partial charge is 0.506 e. The monoisotopic (exact) mass is 834 g/mol. The predicted molar refractivity (Wildman–Crippen MR) is 194 cm³/mol. The van der Waals surface area contributed by atoms with Gasteiger partial charge in [-0.05, 0) is 46.2 Å². The van der Waals surface area contributed by atoms with Gasteiger partial charge in [0.15, 0.2) is 35.9 Å². The van der Waals surface area contributed by atoms with Crippen molar-refractivity contribution in [3.8, 4) is 17.2 Å². The zero-order chi connectivity index (χ0) is 42.5. The van der Waals surface area contributed by atoms with Crippen molar-refractivity contribution in [2.45, 2.75) is 150 Å². The Bertz CT molecular complexity index is 2080. The Hall–Kier alpha value is -3.12. The van der Waals surface area contributed by atoms with E-state index >= 15 is 0 Å². The Kier molecular flexibility index (Phi) is 9.39. The highest BCUT2D eigenvalue weighted by atomic mass is 16.9. The molecule has 0 saturated carbocycles. The van der Waals surface area contributed by atoms with Crippen LogP contribution in [0.3, 0.4) is 0 Å². The summed E-state index contributed by atoms with van der Waals surface area (Å²) in [6, 6.07) is 1.72. The first-order chi connectivity index (χ1) is 27.8. The molecule has 7 aliphatic rings. The molecule has 0 aromatic heterocycles. The molecule has 59 heavy (non-hydrogen) atoms. The number of hydrogen-bond acceptors (Lipinski definition) is 19. The van der Waals surface area contributed by atoms with Gasteiger partial charge in [-0.3, -0.25) is 9.59 Å². The van der Waals surface area contributed by atoms with E-state index in [4.69, 9.17) is 52.1 Å². The standard InChI is InChI=1S/C40H50O19/c1-14-9-18-25(29(45)27-26(30(18)49-6)20(10-19(42)28(27)44)55-23-12-36(5,47)33(46)15(2)53-23)31-24(14)32-34-39(57-31,37(13-52-37)40(58-32,59-34)35(50-7)51-8)56-22-11-21(43)38(48,16(3)41)17(4)54-22/h9,15,17,19-23,32-35,42-43,45-48H,10-13H2,1-8H3/t15?,17?,19-,20-,21?,22?,23?,32?,33?,34?,36?,37-,38?,39+,40?/m0/s1. The third-order valence-electron chi connectivity index (χ3n) is 13.5. The first kappa shape index (κ1) is 41.2. The van der Waals surface area contributed by atoms with Crippen molar-refractivity contribution in [3.63, 3.8) is 0 Å². The molecule has 1 spiro atoms. The molecular weight excluding hydrogens is 784 g/mol. The van der Waals surface area contributed by atoms with E-state index in [1.54, 1.807) is 19.9 Å². The molecule has 0 radical (unpaired) electrons. The lowest BCUT2D eigenvalue weighted by molar-refractivity contribution is -0.385. The topological polar surface area (TPSA) is 260 Å². The average molecular weight is 835 g/mol. The lowest BCUT2D eigenvalue weighted by Crippen LogP contribution is -2.72. The van der Waals surface area contributed by atoms with E-state index in [9.17, 15) is 40.2 Å². The molecule has 5 fully saturated rings. The van der Waals surface area contributed by atoms with Gasteiger partial charge in [0.1, 0.15) is 35.6 Å². The van der Waals surface area contributed by atoms with E-state index in [1.807, 2.05) is 0 Å². The second-order valence-electron chi connectivity index (χ2n) is 16.9. The van der Waals surface area contributed by atoms with Gasteiger partial charge in [-0.2, -0.15) is 0 Å². The number of epoxide rings is 1. The minimum absolute atomic E-state index is 0.00957. The Morgan fingerprint density at radius 2 is 1.69 bits per heavy atom. The molecule has 19 nitrogen and oxygen atoms in total.